The molecule has 0 radical (unpaired) electrons. The van der Waals surface area contributed by atoms with Crippen molar-refractivity contribution < 1.29 is 4.79 Å². The van der Waals surface area contributed by atoms with E-state index in [1.54, 1.807) is 11.5 Å². The molecule has 6 heteroatoms. The highest BCUT2D eigenvalue weighted by Crippen LogP contribution is 2.17. The molecular formula is C22H32N4O2. The average Bonchev–Trinajstić information content (AvgIpc) is 2.68. The highest BCUT2D eigenvalue weighted by atomic mass is 16.1. The first kappa shape index (κ1) is 20.5. The van der Waals surface area contributed by atoms with Gasteiger partial charge in [0.1, 0.15) is 5.69 Å². The normalized spacial score (nSPS) is 15.1. The molecule has 28 heavy (non-hydrogen) atoms. The second-order valence-electron chi connectivity index (χ2n) is 7.93. The van der Waals surface area contributed by atoms with Crippen LogP contribution < -0.4 is 10.9 Å². The fraction of sp³-hybridized carbons (Fsp3) is 0.591. The van der Waals surface area contributed by atoms with Gasteiger partial charge in [0.15, 0.2) is 0 Å². The Morgan fingerprint density at radius 3 is 2.54 bits per heavy atom. The van der Waals surface area contributed by atoms with E-state index in [0.29, 0.717) is 25.2 Å². The predicted octanol–water partition coefficient (Wildman–Crippen LogP) is 2.70. The van der Waals surface area contributed by atoms with Gasteiger partial charge in [0, 0.05) is 19.5 Å². The van der Waals surface area contributed by atoms with Crippen LogP contribution >= 0.6 is 0 Å². The topological polar surface area (TPSA) is 67.2 Å². The van der Waals surface area contributed by atoms with E-state index in [2.05, 4.69) is 15.2 Å². The molecule has 1 aromatic heterocycles. The molecule has 0 aliphatic carbocycles. The largest absolute Gasteiger partial charge is 0.356 e. The highest BCUT2D eigenvalue weighted by Gasteiger charge is 2.12. The van der Waals surface area contributed by atoms with Gasteiger partial charge in [-0.3, -0.25) is 9.59 Å². The summed E-state index contributed by atoms with van der Waals surface area (Å²) < 4.78 is 1.69. The fourth-order valence-electron chi connectivity index (χ4n) is 3.86. The van der Waals surface area contributed by atoms with Crippen LogP contribution in [0.2, 0.25) is 0 Å². The quantitative estimate of drug-likeness (QED) is 0.746. The zero-order chi connectivity index (χ0) is 20.1. The van der Waals surface area contributed by atoms with Crippen molar-refractivity contribution in [3.05, 3.63) is 39.3 Å². The molecule has 0 bridgehead atoms. The van der Waals surface area contributed by atoms with Gasteiger partial charge >= 0.3 is 0 Å². The molecule has 0 saturated carbocycles. The van der Waals surface area contributed by atoms with Gasteiger partial charge in [-0.2, -0.15) is 0 Å². The average molecular weight is 385 g/mol. The summed E-state index contributed by atoms with van der Waals surface area (Å²) in [4.78, 5) is 31.8. The van der Waals surface area contributed by atoms with Crippen LogP contribution in [0.25, 0.3) is 11.0 Å². The number of piperidine rings is 1. The molecule has 1 aromatic carbocycles. The zero-order valence-electron chi connectivity index (χ0n) is 17.4. The summed E-state index contributed by atoms with van der Waals surface area (Å²) in [5.74, 6) is -0.00278. The lowest BCUT2D eigenvalue weighted by molar-refractivity contribution is -0.121. The maximum atomic E-state index is 12.6. The third-order valence-electron chi connectivity index (χ3n) is 5.71. The minimum Gasteiger partial charge on any atom is -0.356 e. The molecular weight excluding hydrogens is 352 g/mol. The minimum atomic E-state index is -0.117. The van der Waals surface area contributed by atoms with E-state index in [0.717, 1.165) is 35.1 Å². The lowest BCUT2D eigenvalue weighted by atomic mass is 10.1. The molecule has 1 aliphatic rings. The summed E-state index contributed by atoms with van der Waals surface area (Å²) in [5, 5.41) is 3.00. The Morgan fingerprint density at radius 1 is 1.07 bits per heavy atom. The summed E-state index contributed by atoms with van der Waals surface area (Å²) in [5.41, 5.74) is 4.23. The molecule has 0 atom stereocenters. The highest BCUT2D eigenvalue weighted by molar-refractivity contribution is 5.78. The lowest BCUT2D eigenvalue weighted by Crippen LogP contribution is -2.34. The predicted molar refractivity (Wildman–Crippen MR) is 113 cm³/mol. The maximum Gasteiger partial charge on any atom is 0.272 e. The maximum absolute atomic E-state index is 12.6. The van der Waals surface area contributed by atoms with E-state index < -0.39 is 0 Å². The summed E-state index contributed by atoms with van der Waals surface area (Å²) in [6.07, 6.45) is 5.20. The van der Waals surface area contributed by atoms with Crippen LogP contribution in [0.4, 0.5) is 0 Å². The number of amides is 1. The van der Waals surface area contributed by atoms with Crippen LogP contribution in [0.15, 0.2) is 16.9 Å². The Bertz CT molecular complexity index is 898. The van der Waals surface area contributed by atoms with E-state index in [-0.39, 0.29) is 11.5 Å². The number of nitrogens with zero attached hydrogens (tertiary/aromatic N) is 3. The first-order chi connectivity index (χ1) is 13.5. The van der Waals surface area contributed by atoms with Crippen molar-refractivity contribution in [1.29, 1.82) is 0 Å². The van der Waals surface area contributed by atoms with Crippen LogP contribution in [0, 0.1) is 20.8 Å². The Kier molecular flexibility index (Phi) is 6.83. The number of rotatable bonds is 7. The lowest BCUT2D eigenvalue weighted by Gasteiger charge is -2.26. The Balaban J connectivity index is 1.57. The molecule has 1 aliphatic heterocycles. The van der Waals surface area contributed by atoms with Gasteiger partial charge in [-0.25, -0.2) is 4.98 Å². The summed E-state index contributed by atoms with van der Waals surface area (Å²) in [6.45, 7) is 10.3. The summed E-state index contributed by atoms with van der Waals surface area (Å²) in [7, 11) is 0. The van der Waals surface area contributed by atoms with Crippen molar-refractivity contribution in [1.82, 2.24) is 19.8 Å². The number of carbonyl (C=O) groups excluding carboxylic acids is 1. The number of carbonyl (C=O) groups is 1. The van der Waals surface area contributed by atoms with Crippen molar-refractivity contribution in [2.45, 2.75) is 59.4 Å². The molecule has 0 unspecified atom stereocenters. The van der Waals surface area contributed by atoms with Crippen LogP contribution in [0.3, 0.4) is 0 Å². The first-order valence-corrected chi connectivity index (χ1v) is 10.4. The minimum absolute atomic E-state index is 0.00278. The molecule has 1 N–H and O–H groups in total. The van der Waals surface area contributed by atoms with Gasteiger partial charge in [0.2, 0.25) is 5.91 Å². The van der Waals surface area contributed by atoms with Gasteiger partial charge in [-0.05, 0) is 82.9 Å². The molecule has 6 nitrogen and oxygen atoms in total. The molecule has 152 valence electrons. The van der Waals surface area contributed by atoms with E-state index in [4.69, 9.17) is 0 Å². The SMILES string of the molecule is Cc1cc2nc(C)c(=O)n(CCC(=O)NCCCN3CCCCC3)c2cc1C. The number of hydrogen-bond acceptors (Lipinski definition) is 4. The molecule has 1 fully saturated rings. The van der Waals surface area contributed by atoms with E-state index in [1.165, 1.54) is 32.4 Å². The van der Waals surface area contributed by atoms with Crippen molar-refractivity contribution in [2.75, 3.05) is 26.2 Å². The number of aryl methyl sites for hydroxylation is 4. The second kappa shape index (κ2) is 9.32. The molecule has 0 spiro atoms. The molecule has 2 heterocycles. The monoisotopic (exact) mass is 384 g/mol. The standard InChI is InChI=1S/C22H32N4O2/c1-16-14-19-20(15-17(16)2)26(22(28)18(3)24-19)13-8-21(27)23-9-7-12-25-10-5-4-6-11-25/h14-15H,4-13H2,1-3H3,(H,23,27). The van der Waals surface area contributed by atoms with Gasteiger partial charge in [0.05, 0.1) is 11.0 Å². The first-order valence-electron chi connectivity index (χ1n) is 10.4. The Morgan fingerprint density at radius 2 is 1.79 bits per heavy atom. The van der Waals surface area contributed by atoms with Crippen molar-refractivity contribution >= 4 is 16.9 Å². The molecule has 3 rings (SSSR count). The third-order valence-corrected chi connectivity index (χ3v) is 5.71. The van der Waals surface area contributed by atoms with Crippen molar-refractivity contribution in [3.63, 3.8) is 0 Å². The summed E-state index contributed by atoms with van der Waals surface area (Å²) >= 11 is 0. The van der Waals surface area contributed by atoms with E-state index in [1.807, 2.05) is 26.0 Å². The fourth-order valence-corrected chi connectivity index (χ4v) is 3.86. The van der Waals surface area contributed by atoms with Gasteiger partial charge in [0.25, 0.3) is 5.56 Å². The number of fused-ring (bicyclic) bond motifs is 1. The zero-order valence-corrected chi connectivity index (χ0v) is 17.4. The van der Waals surface area contributed by atoms with Gasteiger partial charge < -0.3 is 14.8 Å². The van der Waals surface area contributed by atoms with Crippen LogP contribution in [0.1, 0.15) is 48.9 Å². The molecule has 2 aromatic rings. The van der Waals surface area contributed by atoms with Crippen molar-refractivity contribution in [2.24, 2.45) is 0 Å². The Hall–Kier alpha value is -2.21. The second-order valence-corrected chi connectivity index (χ2v) is 7.93. The van der Waals surface area contributed by atoms with Gasteiger partial charge in [-0.1, -0.05) is 6.42 Å². The number of hydrogen-bond donors (Lipinski definition) is 1. The van der Waals surface area contributed by atoms with Crippen molar-refractivity contribution in [3.8, 4) is 0 Å². The number of benzene rings is 1. The van der Waals surface area contributed by atoms with Crippen LogP contribution in [0.5, 0.6) is 0 Å². The number of aromatic nitrogens is 2. The smallest absolute Gasteiger partial charge is 0.272 e. The molecule has 1 amide bonds. The van der Waals surface area contributed by atoms with E-state index >= 15 is 0 Å². The van der Waals surface area contributed by atoms with Gasteiger partial charge in [-0.15, -0.1) is 0 Å². The van der Waals surface area contributed by atoms with E-state index in [9.17, 15) is 9.59 Å². The number of nitrogens with one attached hydrogen (secondary N) is 1. The Labute approximate surface area is 166 Å². The summed E-state index contributed by atoms with van der Waals surface area (Å²) in [6, 6.07) is 4.00. The molecule has 1 saturated heterocycles. The van der Waals surface area contributed by atoms with Crippen LogP contribution in [-0.4, -0.2) is 46.5 Å². The third kappa shape index (κ3) is 4.98. The number of likely N-dealkylation sites (tertiary alicyclic amines) is 1. The van der Waals surface area contributed by atoms with Crippen LogP contribution in [-0.2, 0) is 11.3 Å².